The number of hydrogen-bond donors (Lipinski definition) is 2. The van der Waals surface area contributed by atoms with Gasteiger partial charge >= 0.3 is 0 Å². The van der Waals surface area contributed by atoms with Crippen molar-refractivity contribution < 1.29 is 19.0 Å². The van der Waals surface area contributed by atoms with E-state index >= 15 is 0 Å². The largest absolute Gasteiger partial charge is 0.385 e. The van der Waals surface area contributed by atoms with Crippen LogP contribution in [0.15, 0.2) is 36.4 Å². The Bertz CT molecular complexity index is 579. The smallest absolute Gasteiger partial charge is 0.141 e. The van der Waals surface area contributed by atoms with Gasteiger partial charge in [-0.2, -0.15) is 0 Å². The molecule has 2 nitrogen and oxygen atoms in total. The molecule has 0 radical (unpaired) electrons. The lowest BCUT2D eigenvalue weighted by molar-refractivity contribution is 0.0172. The summed E-state index contributed by atoms with van der Waals surface area (Å²) in [6.45, 7) is 0. The first-order valence-electron chi connectivity index (χ1n) is 5.66. The third kappa shape index (κ3) is 3.10. The molecule has 106 valence electrons. The SMILES string of the molecule is OC(c1ccc(F)c(Cl)c1)C(O)c1ccc(F)c(Cl)c1. The molecule has 6 heteroatoms. The summed E-state index contributed by atoms with van der Waals surface area (Å²) >= 11 is 11.2. The molecule has 0 saturated carbocycles. The van der Waals surface area contributed by atoms with Crippen molar-refractivity contribution in [1.29, 1.82) is 0 Å². The van der Waals surface area contributed by atoms with Crippen LogP contribution in [0.4, 0.5) is 8.78 Å². The average molecular weight is 319 g/mol. The highest BCUT2D eigenvalue weighted by Gasteiger charge is 2.22. The molecule has 2 N–H and O–H groups in total. The maximum absolute atomic E-state index is 13.0. The first kappa shape index (κ1) is 15.2. The zero-order valence-corrected chi connectivity index (χ0v) is 11.5. The van der Waals surface area contributed by atoms with Gasteiger partial charge in [-0.3, -0.25) is 0 Å². The molecule has 2 unspecified atom stereocenters. The second kappa shape index (κ2) is 6.06. The molecule has 0 aliphatic carbocycles. The summed E-state index contributed by atoms with van der Waals surface area (Å²) in [6.07, 6.45) is -2.68. The van der Waals surface area contributed by atoms with E-state index in [0.29, 0.717) is 0 Å². The molecular weight excluding hydrogens is 309 g/mol. The van der Waals surface area contributed by atoms with E-state index in [4.69, 9.17) is 23.2 Å². The molecule has 0 heterocycles. The van der Waals surface area contributed by atoms with Crippen molar-refractivity contribution in [1.82, 2.24) is 0 Å². The molecule has 2 atom stereocenters. The van der Waals surface area contributed by atoms with E-state index in [2.05, 4.69) is 0 Å². The van der Waals surface area contributed by atoms with Gasteiger partial charge in [-0.15, -0.1) is 0 Å². The third-order valence-corrected chi connectivity index (χ3v) is 3.45. The lowest BCUT2D eigenvalue weighted by atomic mass is 9.98. The van der Waals surface area contributed by atoms with Crippen LogP contribution in [0.5, 0.6) is 0 Å². The Morgan fingerprint density at radius 3 is 1.40 bits per heavy atom. The zero-order valence-electron chi connectivity index (χ0n) is 10.0. The fraction of sp³-hybridized carbons (Fsp3) is 0.143. The summed E-state index contributed by atoms with van der Waals surface area (Å²) in [7, 11) is 0. The highest BCUT2D eigenvalue weighted by molar-refractivity contribution is 6.31. The lowest BCUT2D eigenvalue weighted by Crippen LogP contribution is -2.10. The fourth-order valence-corrected chi connectivity index (χ4v) is 2.14. The minimum absolute atomic E-state index is 0.161. The fourth-order valence-electron chi connectivity index (χ4n) is 1.76. The summed E-state index contributed by atoms with van der Waals surface area (Å²) in [4.78, 5) is 0. The van der Waals surface area contributed by atoms with Crippen molar-refractivity contribution in [2.45, 2.75) is 12.2 Å². The molecular formula is C14H10Cl2F2O2. The van der Waals surface area contributed by atoms with E-state index in [1.54, 1.807) is 0 Å². The van der Waals surface area contributed by atoms with Crippen molar-refractivity contribution in [2.24, 2.45) is 0 Å². The second-order valence-electron chi connectivity index (χ2n) is 4.24. The van der Waals surface area contributed by atoms with Crippen LogP contribution in [-0.2, 0) is 0 Å². The van der Waals surface area contributed by atoms with Crippen molar-refractivity contribution in [3.63, 3.8) is 0 Å². The number of benzene rings is 2. The normalized spacial score (nSPS) is 14.1. The number of halogens is 4. The van der Waals surface area contributed by atoms with Gasteiger partial charge in [-0.25, -0.2) is 8.78 Å². The summed E-state index contributed by atoms with van der Waals surface area (Å²) in [5, 5.41) is 19.8. The Labute approximate surface area is 124 Å². The third-order valence-electron chi connectivity index (χ3n) is 2.87. The van der Waals surface area contributed by atoms with Gasteiger partial charge in [0.05, 0.1) is 10.0 Å². The molecule has 20 heavy (non-hydrogen) atoms. The average Bonchev–Trinajstić information content (AvgIpc) is 2.43. The van der Waals surface area contributed by atoms with Crippen LogP contribution in [-0.4, -0.2) is 10.2 Å². The highest BCUT2D eigenvalue weighted by Crippen LogP contribution is 2.32. The van der Waals surface area contributed by atoms with Gasteiger partial charge in [0, 0.05) is 0 Å². The van der Waals surface area contributed by atoms with Crippen LogP contribution >= 0.6 is 23.2 Å². The van der Waals surface area contributed by atoms with Gasteiger partial charge in [0.2, 0.25) is 0 Å². The van der Waals surface area contributed by atoms with Crippen molar-refractivity contribution in [3.05, 3.63) is 69.2 Å². The van der Waals surface area contributed by atoms with Gasteiger partial charge < -0.3 is 10.2 Å². The minimum Gasteiger partial charge on any atom is -0.385 e. The molecule has 0 aliphatic heterocycles. The van der Waals surface area contributed by atoms with Gasteiger partial charge in [0.1, 0.15) is 23.8 Å². The quantitative estimate of drug-likeness (QED) is 0.896. The Morgan fingerprint density at radius 1 is 0.750 bits per heavy atom. The van der Waals surface area contributed by atoms with Crippen LogP contribution in [0.1, 0.15) is 23.3 Å². The molecule has 2 aromatic rings. The van der Waals surface area contributed by atoms with E-state index in [1.165, 1.54) is 24.3 Å². The summed E-state index contributed by atoms with van der Waals surface area (Å²) in [5.74, 6) is -1.25. The van der Waals surface area contributed by atoms with Gasteiger partial charge in [0.15, 0.2) is 0 Å². The lowest BCUT2D eigenvalue weighted by Gasteiger charge is -2.19. The molecule has 0 saturated heterocycles. The molecule has 0 fully saturated rings. The number of aliphatic hydroxyl groups excluding tert-OH is 2. The van der Waals surface area contributed by atoms with Gasteiger partial charge in [-0.1, -0.05) is 35.3 Å². The number of aliphatic hydroxyl groups is 2. The van der Waals surface area contributed by atoms with Crippen molar-refractivity contribution in [2.75, 3.05) is 0 Å². The number of rotatable bonds is 3. The van der Waals surface area contributed by atoms with Crippen LogP contribution in [0.25, 0.3) is 0 Å². The first-order chi connectivity index (χ1) is 9.40. The molecule has 0 aliphatic rings. The van der Waals surface area contributed by atoms with Crippen molar-refractivity contribution in [3.8, 4) is 0 Å². The van der Waals surface area contributed by atoms with E-state index in [1.807, 2.05) is 0 Å². The Morgan fingerprint density at radius 2 is 1.10 bits per heavy atom. The standard InChI is InChI=1S/C14H10Cl2F2O2/c15-9-5-7(1-3-11(9)17)13(19)14(20)8-2-4-12(18)10(16)6-8/h1-6,13-14,19-20H. The van der Waals surface area contributed by atoms with Crippen LogP contribution in [0, 0.1) is 11.6 Å². The Kier molecular flexibility index (Phi) is 4.60. The summed E-state index contributed by atoms with van der Waals surface area (Å²) in [5.41, 5.74) is 0.480. The Balaban J connectivity index is 2.29. The maximum atomic E-state index is 13.0. The van der Waals surface area contributed by atoms with Gasteiger partial charge in [0.25, 0.3) is 0 Å². The topological polar surface area (TPSA) is 40.5 Å². The van der Waals surface area contributed by atoms with Crippen LogP contribution < -0.4 is 0 Å². The van der Waals surface area contributed by atoms with Crippen LogP contribution in [0.2, 0.25) is 10.0 Å². The predicted molar refractivity (Wildman–Crippen MR) is 72.7 cm³/mol. The van der Waals surface area contributed by atoms with Crippen molar-refractivity contribution >= 4 is 23.2 Å². The molecule has 2 rings (SSSR count). The van der Waals surface area contributed by atoms with E-state index in [-0.39, 0.29) is 21.2 Å². The summed E-state index contributed by atoms with van der Waals surface area (Å²) in [6, 6.07) is 7.22. The predicted octanol–water partition coefficient (Wildman–Crippen LogP) is 4.04. The highest BCUT2D eigenvalue weighted by atomic mass is 35.5. The second-order valence-corrected chi connectivity index (χ2v) is 5.05. The van der Waals surface area contributed by atoms with E-state index in [9.17, 15) is 19.0 Å². The Hall–Kier alpha value is -1.20. The van der Waals surface area contributed by atoms with E-state index < -0.39 is 23.8 Å². The molecule has 0 bridgehead atoms. The molecule has 2 aromatic carbocycles. The van der Waals surface area contributed by atoms with Gasteiger partial charge in [-0.05, 0) is 35.4 Å². The monoisotopic (exact) mass is 318 g/mol. The molecule has 0 aromatic heterocycles. The minimum atomic E-state index is -1.34. The number of hydrogen-bond acceptors (Lipinski definition) is 2. The first-order valence-corrected chi connectivity index (χ1v) is 6.42. The van der Waals surface area contributed by atoms with E-state index in [0.717, 1.165) is 12.1 Å². The maximum Gasteiger partial charge on any atom is 0.141 e. The zero-order chi connectivity index (χ0) is 14.9. The molecule has 0 amide bonds. The van der Waals surface area contributed by atoms with Crippen LogP contribution in [0.3, 0.4) is 0 Å². The molecule has 0 spiro atoms. The summed E-state index contributed by atoms with van der Waals surface area (Å²) < 4.78 is 26.1.